The fraction of sp³-hybridized carbons (Fsp3) is 0.950. The van der Waals surface area contributed by atoms with Crippen molar-refractivity contribution in [2.45, 2.75) is 110 Å². The lowest BCUT2D eigenvalue weighted by molar-refractivity contribution is -0.141. The Hall–Kier alpha value is -0.393. The molecule has 2 aliphatic rings. The second-order valence-corrected chi connectivity index (χ2v) is 15.2. The lowest BCUT2D eigenvalue weighted by atomic mass is 9.61. The first kappa shape index (κ1) is 20.9. The van der Waals surface area contributed by atoms with Crippen molar-refractivity contribution >= 4 is 14.3 Å². The Labute approximate surface area is 155 Å². The van der Waals surface area contributed by atoms with Crippen molar-refractivity contribution in [1.29, 1.82) is 0 Å². The maximum atomic E-state index is 11.0. The number of rotatable bonds is 6. The third kappa shape index (κ3) is 3.84. The molecule has 1 saturated heterocycles. The first-order chi connectivity index (χ1) is 11.2. The quantitative estimate of drug-likeness (QED) is 0.283. The molecule has 4 nitrogen and oxygen atoms in total. The van der Waals surface area contributed by atoms with Crippen LogP contribution in [0.2, 0.25) is 18.1 Å². The van der Waals surface area contributed by atoms with Crippen LogP contribution in [-0.2, 0) is 18.7 Å². The topological polar surface area (TPSA) is 48.1 Å². The third-order valence-electron chi connectivity index (χ3n) is 6.91. The predicted molar refractivity (Wildman–Crippen MR) is 103 cm³/mol. The fourth-order valence-corrected chi connectivity index (χ4v) is 5.88. The zero-order valence-electron chi connectivity index (χ0n) is 17.7. The molecular formula is C20H38O4Si. The molecule has 0 bridgehead atoms. The van der Waals surface area contributed by atoms with Crippen LogP contribution >= 0.6 is 0 Å². The van der Waals surface area contributed by atoms with Gasteiger partial charge < -0.3 is 13.9 Å². The van der Waals surface area contributed by atoms with Crippen LogP contribution in [0.15, 0.2) is 0 Å². The van der Waals surface area contributed by atoms with Gasteiger partial charge in [0.05, 0.1) is 12.2 Å². The van der Waals surface area contributed by atoms with Gasteiger partial charge in [0.25, 0.3) is 0 Å². The van der Waals surface area contributed by atoms with Crippen molar-refractivity contribution in [2.75, 3.05) is 6.61 Å². The van der Waals surface area contributed by atoms with E-state index in [0.717, 1.165) is 25.7 Å². The van der Waals surface area contributed by atoms with E-state index in [1.807, 2.05) is 0 Å². The number of hydrogen-bond donors (Lipinski definition) is 0. The average molecular weight is 371 g/mol. The van der Waals surface area contributed by atoms with E-state index in [9.17, 15) is 4.79 Å². The normalized spacial score (nSPS) is 34.4. The molecule has 2 rings (SSSR count). The smallest absolute Gasteiger partial charge is 0.302 e. The molecule has 0 aromatic rings. The van der Waals surface area contributed by atoms with E-state index in [1.54, 1.807) is 0 Å². The SMILES string of the molecule is CC(=O)OCCC[C@]12OC1(C)C[C@@H](O[Si](C)(C)C(C)(C)C)CC2(C)C. The molecule has 5 heteroatoms. The molecule has 0 aromatic heterocycles. The van der Waals surface area contributed by atoms with Crippen LogP contribution in [-0.4, -0.2) is 38.2 Å². The van der Waals surface area contributed by atoms with E-state index in [4.69, 9.17) is 13.9 Å². The molecule has 0 amide bonds. The van der Waals surface area contributed by atoms with Gasteiger partial charge in [0.1, 0.15) is 5.60 Å². The molecule has 1 unspecified atom stereocenters. The summed E-state index contributed by atoms with van der Waals surface area (Å²) in [5, 5.41) is 0.223. The van der Waals surface area contributed by atoms with Crippen molar-refractivity contribution in [3.8, 4) is 0 Å². The molecular weight excluding hydrogens is 332 g/mol. The Morgan fingerprint density at radius 1 is 1.20 bits per heavy atom. The van der Waals surface area contributed by atoms with Crippen LogP contribution in [0, 0.1) is 5.41 Å². The van der Waals surface area contributed by atoms with E-state index in [1.165, 1.54) is 6.92 Å². The number of carbonyl (C=O) groups is 1. The number of carbonyl (C=O) groups excluding carboxylic acids is 1. The highest BCUT2D eigenvalue weighted by atomic mass is 28.4. The summed E-state index contributed by atoms with van der Waals surface area (Å²) in [6.07, 6.45) is 4.06. The number of esters is 1. The summed E-state index contributed by atoms with van der Waals surface area (Å²) in [5.74, 6) is -0.206. The van der Waals surface area contributed by atoms with Crippen LogP contribution in [0.3, 0.4) is 0 Å². The second kappa shape index (κ2) is 6.34. The summed E-state index contributed by atoms with van der Waals surface area (Å²) in [7, 11) is -1.78. The Balaban J connectivity index is 2.04. The predicted octanol–water partition coefficient (Wildman–Crippen LogP) is 5.07. The van der Waals surface area contributed by atoms with Gasteiger partial charge in [-0.1, -0.05) is 34.6 Å². The third-order valence-corrected chi connectivity index (χ3v) is 11.4. The van der Waals surface area contributed by atoms with Crippen molar-refractivity contribution in [2.24, 2.45) is 5.41 Å². The van der Waals surface area contributed by atoms with E-state index in [0.29, 0.717) is 6.61 Å². The van der Waals surface area contributed by atoms with Gasteiger partial charge in [-0.2, -0.15) is 0 Å². The summed E-state index contributed by atoms with van der Waals surface area (Å²) in [4.78, 5) is 11.0. The average Bonchev–Trinajstić information content (AvgIpc) is 2.99. The first-order valence-corrected chi connectivity index (χ1v) is 12.6. The van der Waals surface area contributed by atoms with E-state index in [2.05, 4.69) is 54.6 Å². The van der Waals surface area contributed by atoms with Gasteiger partial charge in [-0.05, 0) is 49.7 Å². The minimum atomic E-state index is -1.78. The van der Waals surface area contributed by atoms with Crippen molar-refractivity contribution in [3.63, 3.8) is 0 Å². The Morgan fingerprint density at radius 3 is 2.28 bits per heavy atom. The van der Waals surface area contributed by atoms with Crippen LogP contribution in [0.1, 0.15) is 74.1 Å². The molecule has 146 valence electrons. The van der Waals surface area contributed by atoms with Crippen molar-refractivity contribution in [1.82, 2.24) is 0 Å². The summed E-state index contributed by atoms with van der Waals surface area (Å²) in [6.45, 7) is 20.3. The van der Waals surface area contributed by atoms with Gasteiger partial charge in [-0.15, -0.1) is 0 Å². The molecule has 0 aromatic carbocycles. The number of fused-ring (bicyclic) bond motifs is 1. The zero-order valence-corrected chi connectivity index (χ0v) is 18.7. The molecule has 0 N–H and O–H groups in total. The van der Waals surface area contributed by atoms with E-state index in [-0.39, 0.29) is 33.7 Å². The van der Waals surface area contributed by atoms with Crippen LogP contribution < -0.4 is 0 Å². The highest BCUT2D eigenvalue weighted by Crippen LogP contribution is 2.67. The number of epoxide rings is 1. The molecule has 0 radical (unpaired) electrons. The summed E-state index contributed by atoms with van der Waals surface area (Å²) < 4.78 is 18.2. The minimum Gasteiger partial charge on any atom is -0.466 e. The van der Waals surface area contributed by atoms with Gasteiger partial charge in [-0.25, -0.2) is 0 Å². The summed E-state index contributed by atoms with van der Waals surface area (Å²) in [5.41, 5.74) is -0.158. The largest absolute Gasteiger partial charge is 0.466 e. The minimum absolute atomic E-state index is 0.0588. The van der Waals surface area contributed by atoms with Crippen LogP contribution in [0.4, 0.5) is 0 Å². The molecule has 1 aliphatic heterocycles. The first-order valence-electron chi connectivity index (χ1n) is 9.67. The van der Waals surface area contributed by atoms with Crippen molar-refractivity contribution < 1.29 is 18.7 Å². The summed E-state index contributed by atoms with van der Waals surface area (Å²) >= 11 is 0. The molecule has 0 spiro atoms. The molecule has 3 atom stereocenters. The number of hydrogen-bond acceptors (Lipinski definition) is 4. The maximum Gasteiger partial charge on any atom is 0.302 e. The summed E-state index contributed by atoms with van der Waals surface area (Å²) in [6, 6.07) is 0. The molecule has 2 fully saturated rings. The molecule has 1 heterocycles. The van der Waals surface area contributed by atoms with Crippen LogP contribution in [0.25, 0.3) is 0 Å². The molecule has 1 aliphatic carbocycles. The Kier molecular flexibility index (Phi) is 5.31. The zero-order chi connectivity index (χ0) is 19.3. The van der Waals surface area contributed by atoms with Crippen molar-refractivity contribution in [3.05, 3.63) is 0 Å². The Morgan fingerprint density at radius 2 is 1.80 bits per heavy atom. The second-order valence-electron chi connectivity index (χ2n) is 10.4. The van der Waals surface area contributed by atoms with Gasteiger partial charge in [0.2, 0.25) is 0 Å². The van der Waals surface area contributed by atoms with E-state index < -0.39 is 8.32 Å². The lowest BCUT2D eigenvalue weighted by Crippen LogP contribution is -2.52. The monoisotopic (exact) mass is 370 g/mol. The number of ether oxygens (including phenoxy) is 2. The molecule has 1 saturated carbocycles. The van der Waals surface area contributed by atoms with Gasteiger partial charge >= 0.3 is 5.97 Å². The highest BCUT2D eigenvalue weighted by Gasteiger charge is 2.75. The van der Waals surface area contributed by atoms with Gasteiger partial charge in [0.15, 0.2) is 8.32 Å². The van der Waals surface area contributed by atoms with Gasteiger partial charge in [0, 0.05) is 19.4 Å². The van der Waals surface area contributed by atoms with Gasteiger partial charge in [-0.3, -0.25) is 4.79 Å². The maximum absolute atomic E-state index is 11.0. The highest BCUT2D eigenvalue weighted by molar-refractivity contribution is 6.74. The Bertz CT molecular complexity index is 522. The fourth-order valence-electron chi connectivity index (χ4n) is 4.53. The standard InChI is InChI=1S/C20H38O4Si/c1-15(21)22-12-10-11-20-18(5,6)13-16(14-19(20,7)24-20)23-25(8,9)17(2,3)4/h16H,10-14H2,1-9H3/t16-,19?,20+/m0/s1. The van der Waals surface area contributed by atoms with E-state index >= 15 is 0 Å². The lowest BCUT2D eigenvalue weighted by Gasteiger charge is -2.46. The van der Waals surface area contributed by atoms with Crippen LogP contribution in [0.5, 0.6) is 0 Å². The molecule has 25 heavy (non-hydrogen) atoms.